The van der Waals surface area contributed by atoms with Gasteiger partial charge in [-0.2, -0.15) is 0 Å². The van der Waals surface area contributed by atoms with E-state index in [0.717, 1.165) is 0 Å². The maximum atomic E-state index is 11.1. The molecule has 0 saturated carbocycles. The fourth-order valence-corrected chi connectivity index (χ4v) is 1.85. The number of hydrogen-bond donors (Lipinski definition) is 0. The Bertz CT molecular complexity index is 514. The fourth-order valence-electron chi connectivity index (χ4n) is 1.85. The summed E-state index contributed by atoms with van der Waals surface area (Å²) in [5.74, 6) is 0. The van der Waals surface area contributed by atoms with E-state index in [9.17, 15) is 10.1 Å². The molecule has 0 N–H and O–H groups in total. The summed E-state index contributed by atoms with van der Waals surface area (Å²) in [6.07, 6.45) is 0. The highest BCUT2D eigenvalue weighted by atomic mass is 16.7. The van der Waals surface area contributed by atoms with Gasteiger partial charge in [-0.25, -0.2) is 0 Å². The Hall–Kier alpha value is -1.47. The summed E-state index contributed by atoms with van der Waals surface area (Å²) in [6, 6.07) is 3.04. The molecule has 1 saturated heterocycles. The van der Waals surface area contributed by atoms with Crippen LogP contribution in [-0.2, 0) is 9.31 Å². The smallest absolute Gasteiger partial charge is 0.398 e. The minimum Gasteiger partial charge on any atom is -0.398 e. The molecule has 0 aliphatic carbocycles. The molecule has 1 aromatic heterocycles. The summed E-state index contributed by atoms with van der Waals surface area (Å²) in [5, 5.41) is 11.1. The maximum absolute atomic E-state index is 11.1. The first-order chi connectivity index (χ1) is 8.64. The molecule has 2 rings (SSSR count). The van der Waals surface area contributed by atoms with Gasteiger partial charge in [-0.3, -0.25) is 15.1 Å². The van der Waals surface area contributed by atoms with E-state index in [-0.39, 0.29) is 11.3 Å². The van der Waals surface area contributed by atoms with Crippen molar-refractivity contribution < 1.29 is 14.2 Å². The lowest BCUT2D eigenvalue weighted by Gasteiger charge is -2.32. The molecule has 1 fully saturated rings. The van der Waals surface area contributed by atoms with Gasteiger partial charge in [0.25, 0.3) is 5.69 Å². The van der Waals surface area contributed by atoms with Crippen LogP contribution in [0.1, 0.15) is 33.4 Å². The molecule has 0 aromatic carbocycles. The summed E-state index contributed by atoms with van der Waals surface area (Å²) in [5.41, 5.74) is -0.253. The molecule has 0 atom stereocenters. The highest BCUT2D eigenvalue weighted by molar-refractivity contribution is 6.62. The standard InChI is InChI=1S/C12H17BN2O4/c1-8-6-7-9(15(16)17)10(14-8)13-18-11(2,3)12(4,5)19-13/h6-7H,1-5H3. The first-order valence-corrected chi connectivity index (χ1v) is 6.11. The van der Waals surface area contributed by atoms with Gasteiger partial charge in [-0.05, 0) is 40.7 Å². The van der Waals surface area contributed by atoms with Gasteiger partial charge in [0.1, 0.15) is 5.59 Å². The largest absolute Gasteiger partial charge is 0.521 e. The normalized spacial score (nSPS) is 20.6. The fraction of sp³-hybridized carbons (Fsp3) is 0.583. The third kappa shape index (κ3) is 2.35. The highest BCUT2D eigenvalue weighted by Crippen LogP contribution is 2.36. The van der Waals surface area contributed by atoms with Crippen molar-refractivity contribution in [2.24, 2.45) is 0 Å². The molecule has 1 aliphatic heterocycles. The van der Waals surface area contributed by atoms with Crippen LogP contribution in [0.25, 0.3) is 0 Å². The second-order valence-corrected chi connectivity index (χ2v) is 5.70. The van der Waals surface area contributed by atoms with Crippen molar-refractivity contribution in [2.75, 3.05) is 0 Å². The summed E-state index contributed by atoms with van der Waals surface area (Å²) in [4.78, 5) is 14.8. The topological polar surface area (TPSA) is 74.5 Å². The predicted octanol–water partition coefficient (Wildman–Crippen LogP) is 1.60. The monoisotopic (exact) mass is 264 g/mol. The minimum atomic E-state index is -0.815. The van der Waals surface area contributed by atoms with E-state index < -0.39 is 23.2 Å². The van der Waals surface area contributed by atoms with Crippen LogP contribution in [-0.4, -0.2) is 28.2 Å². The average molecular weight is 264 g/mol. The van der Waals surface area contributed by atoms with E-state index in [4.69, 9.17) is 9.31 Å². The maximum Gasteiger partial charge on any atom is 0.521 e. The van der Waals surface area contributed by atoms with E-state index >= 15 is 0 Å². The predicted molar refractivity (Wildman–Crippen MR) is 71.3 cm³/mol. The lowest BCUT2D eigenvalue weighted by Crippen LogP contribution is -2.41. The van der Waals surface area contributed by atoms with Crippen molar-refractivity contribution >= 4 is 18.4 Å². The van der Waals surface area contributed by atoms with Gasteiger partial charge in [-0.1, -0.05) is 0 Å². The van der Waals surface area contributed by atoms with Crippen molar-refractivity contribution in [2.45, 2.75) is 45.8 Å². The molecule has 2 heterocycles. The third-order valence-electron chi connectivity index (χ3n) is 3.71. The summed E-state index contributed by atoms with van der Waals surface area (Å²) in [7, 11) is -0.815. The van der Waals surface area contributed by atoms with Crippen molar-refractivity contribution in [3.63, 3.8) is 0 Å². The Morgan fingerprint density at radius 2 is 1.74 bits per heavy atom. The number of aryl methyl sites for hydroxylation is 1. The number of rotatable bonds is 2. The highest BCUT2D eigenvalue weighted by Gasteiger charge is 2.54. The molecule has 0 unspecified atom stereocenters. The molecule has 102 valence electrons. The molecule has 0 spiro atoms. The molecule has 0 amide bonds. The second kappa shape index (κ2) is 4.28. The van der Waals surface area contributed by atoms with E-state index in [2.05, 4.69) is 4.98 Å². The van der Waals surface area contributed by atoms with E-state index in [1.165, 1.54) is 6.07 Å². The van der Waals surface area contributed by atoms with Gasteiger partial charge < -0.3 is 9.31 Å². The Morgan fingerprint density at radius 1 is 1.21 bits per heavy atom. The van der Waals surface area contributed by atoms with Gasteiger partial charge in [0.15, 0.2) is 0 Å². The van der Waals surface area contributed by atoms with Crippen LogP contribution in [0.5, 0.6) is 0 Å². The van der Waals surface area contributed by atoms with Gasteiger partial charge in [0, 0.05) is 11.8 Å². The molecule has 1 aliphatic rings. The SMILES string of the molecule is Cc1ccc([N+](=O)[O-])c(B2OC(C)(C)C(C)(C)O2)n1. The zero-order chi connectivity index (χ0) is 14.4. The molecule has 19 heavy (non-hydrogen) atoms. The minimum absolute atomic E-state index is 0.0795. The lowest BCUT2D eigenvalue weighted by molar-refractivity contribution is -0.384. The number of nitrogens with zero attached hydrogens (tertiary/aromatic N) is 2. The van der Waals surface area contributed by atoms with Crippen LogP contribution in [0, 0.1) is 17.0 Å². The summed E-state index contributed by atoms with van der Waals surface area (Å²) < 4.78 is 11.6. The number of hydrogen-bond acceptors (Lipinski definition) is 5. The van der Waals surface area contributed by atoms with Crippen molar-refractivity contribution in [1.82, 2.24) is 4.98 Å². The Kier molecular flexibility index (Phi) is 3.14. The van der Waals surface area contributed by atoms with E-state index in [0.29, 0.717) is 5.69 Å². The zero-order valence-electron chi connectivity index (χ0n) is 11.8. The molecular formula is C12H17BN2O4. The Labute approximate surface area is 112 Å². The van der Waals surface area contributed by atoms with Crippen LogP contribution < -0.4 is 5.59 Å². The first-order valence-electron chi connectivity index (χ1n) is 6.11. The van der Waals surface area contributed by atoms with Crippen LogP contribution in [0.4, 0.5) is 5.69 Å². The van der Waals surface area contributed by atoms with Crippen LogP contribution in [0.3, 0.4) is 0 Å². The van der Waals surface area contributed by atoms with E-state index in [1.54, 1.807) is 13.0 Å². The molecular weight excluding hydrogens is 247 g/mol. The molecule has 0 bridgehead atoms. The number of aromatic nitrogens is 1. The Morgan fingerprint density at radius 3 is 2.21 bits per heavy atom. The van der Waals surface area contributed by atoms with Crippen LogP contribution >= 0.6 is 0 Å². The quantitative estimate of drug-likeness (QED) is 0.460. The summed E-state index contributed by atoms with van der Waals surface area (Å²) >= 11 is 0. The van der Waals surface area contributed by atoms with Gasteiger partial charge in [0.2, 0.25) is 0 Å². The van der Waals surface area contributed by atoms with Crippen molar-refractivity contribution in [3.8, 4) is 0 Å². The van der Waals surface area contributed by atoms with Gasteiger partial charge >= 0.3 is 7.12 Å². The van der Waals surface area contributed by atoms with Crippen LogP contribution in [0.2, 0.25) is 0 Å². The van der Waals surface area contributed by atoms with E-state index in [1.807, 2.05) is 27.7 Å². The summed E-state index contributed by atoms with van der Waals surface area (Å²) in [6.45, 7) is 9.37. The molecule has 6 nitrogen and oxygen atoms in total. The number of nitro groups is 1. The number of pyridine rings is 1. The first kappa shape index (κ1) is 14.0. The second-order valence-electron chi connectivity index (χ2n) is 5.70. The Balaban J connectivity index is 2.44. The molecule has 7 heteroatoms. The van der Waals surface area contributed by atoms with Gasteiger partial charge in [0.05, 0.1) is 16.1 Å². The average Bonchev–Trinajstić information content (AvgIpc) is 2.47. The molecule has 0 radical (unpaired) electrons. The lowest BCUT2D eigenvalue weighted by atomic mass is 9.82. The van der Waals surface area contributed by atoms with Crippen molar-refractivity contribution in [1.29, 1.82) is 0 Å². The van der Waals surface area contributed by atoms with Crippen molar-refractivity contribution in [3.05, 3.63) is 27.9 Å². The van der Waals surface area contributed by atoms with Gasteiger partial charge in [-0.15, -0.1) is 0 Å². The zero-order valence-corrected chi connectivity index (χ0v) is 11.8. The van der Waals surface area contributed by atoms with Crippen LogP contribution in [0.15, 0.2) is 12.1 Å². The molecule has 1 aromatic rings. The third-order valence-corrected chi connectivity index (χ3v) is 3.71.